The van der Waals surface area contributed by atoms with Crippen molar-refractivity contribution in [3.63, 3.8) is 0 Å². The van der Waals surface area contributed by atoms with Crippen LogP contribution < -0.4 is 0 Å². The summed E-state index contributed by atoms with van der Waals surface area (Å²) in [5, 5.41) is 0.611. The van der Waals surface area contributed by atoms with E-state index in [1.807, 2.05) is 19.1 Å². The van der Waals surface area contributed by atoms with E-state index in [4.69, 9.17) is 28.2 Å². The van der Waals surface area contributed by atoms with E-state index in [9.17, 15) is 0 Å². The summed E-state index contributed by atoms with van der Waals surface area (Å²) >= 11 is 12.7. The van der Waals surface area contributed by atoms with Gasteiger partial charge in [-0.15, -0.1) is 11.6 Å². The van der Waals surface area contributed by atoms with Crippen molar-refractivity contribution in [2.45, 2.75) is 50.9 Å². The number of halogens is 2. The van der Waals surface area contributed by atoms with Gasteiger partial charge in [0.1, 0.15) is 11.3 Å². The smallest absolute Gasteiger partial charge is 0.128 e. The lowest BCUT2D eigenvalue weighted by atomic mass is 9.87. The Balaban J connectivity index is 2.16. The predicted octanol–water partition coefficient (Wildman–Crippen LogP) is 5.74. The number of imidazole rings is 1. The Morgan fingerprint density at radius 1 is 1.35 bits per heavy atom. The van der Waals surface area contributed by atoms with Gasteiger partial charge in [-0.1, -0.05) is 37.4 Å². The molecule has 0 spiro atoms. The van der Waals surface area contributed by atoms with Gasteiger partial charge in [-0.05, 0) is 37.8 Å². The topological polar surface area (TPSA) is 17.8 Å². The van der Waals surface area contributed by atoms with Crippen LogP contribution in [-0.2, 0) is 0 Å². The van der Waals surface area contributed by atoms with Crippen LogP contribution in [0.15, 0.2) is 18.2 Å². The molecule has 0 aliphatic heterocycles. The Labute approximate surface area is 130 Å². The number of alkyl halides is 1. The largest absolute Gasteiger partial charge is 0.324 e. The van der Waals surface area contributed by atoms with Gasteiger partial charge in [0.15, 0.2) is 0 Å². The van der Waals surface area contributed by atoms with Crippen molar-refractivity contribution in [2.24, 2.45) is 5.92 Å². The van der Waals surface area contributed by atoms with Crippen molar-refractivity contribution < 1.29 is 0 Å². The molecule has 1 saturated carbocycles. The van der Waals surface area contributed by atoms with E-state index in [0.29, 0.717) is 11.1 Å². The monoisotopic (exact) mass is 310 g/mol. The first kappa shape index (κ1) is 14.2. The van der Waals surface area contributed by atoms with Gasteiger partial charge in [-0.3, -0.25) is 0 Å². The summed E-state index contributed by atoms with van der Waals surface area (Å²) in [7, 11) is 0. The summed E-state index contributed by atoms with van der Waals surface area (Å²) in [6.45, 7) is 4.32. The summed E-state index contributed by atoms with van der Waals surface area (Å²) < 4.78 is 2.34. The fourth-order valence-electron chi connectivity index (χ4n) is 3.40. The van der Waals surface area contributed by atoms with Gasteiger partial charge in [-0.2, -0.15) is 0 Å². The van der Waals surface area contributed by atoms with Crippen molar-refractivity contribution in [2.75, 3.05) is 0 Å². The highest BCUT2D eigenvalue weighted by molar-refractivity contribution is 6.35. The average Bonchev–Trinajstić information content (AvgIpc) is 2.80. The van der Waals surface area contributed by atoms with Gasteiger partial charge < -0.3 is 4.57 Å². The van der Waals surface area contributed by atoms with E-state index in [2.05, 4.69) is 17.6 Å². The Morgan fingerprint density at radius 3 is 2.85 bits per heavy atom. The van der Waals surface area contributed by atoms with Crippen LogP contribution in [0.25, 0.3) is 11.0 Å². The minimum absolute atomic E-state index is 0.101. The molecule has 1 aromatic heterocycles. The van der Waals surface area contributed by atoms with Crippen molar-refractivity contribution >= 4 is 34.2 Å². The quantitative estimate of drug-likeness (QED) is 0.647. The first-order valence-corrected chi connectivity index (χ1v) is 8.19. The highest BCUT2D eigenvalue weighted by atomic mass is 35.5. The van der Waals surface area contributed by atoms with Crippen LogP contribution in [0.1, 0.15) is 56.8 Å². The minimum atomic E-state index is -0.101. The number of nitrogens with zero attached hydrogens (tertiary/aromatic N) is 2. The molecule has 108 valence electrons. The van der Waals surface area contributed by atoms with Crippen molar-refractivity contribution in [3.8, 4) is 0 Å². The highest BCUT2D eigenvalue weighted by Gasteiger charge is 2.26. The van der Waals surface area contributed by atoms with E-state index < -0.39 is 0 Å². The zero-order chi connectivity index (χ0) is 14.3. The lowest BCUT2D eigenvalue weighted by molar-refractivity contribution is 0.282. The number of benzene rings is 1. The molecule has 0 amide bonds. The normalized spacial score (nSPS) is 25.0. The summed E-state index contributed by atoms with van der Waals surface area (Å²) in [4.78, 5) is 4.71. The number of hydrogen-bond donors (Lipinski definition) is 0. The number of hydrogen-bond acceptors (Lipinski definition) is 1. The third-order valence-corrected chi connectivity index (χ3v) is 4.83. The molecule has 4 heteroatoms. The zero-order valence-corrected chi connectivity index (χ0v) is 13.5. The molecule has 1 fully saturated rings. The molecule has 1 aliphatic rings. The van der Waals surface area contributed by atoms with E-state index >= 15 is 0 Å². The van der Waals surface area contributed by atoms with E-state index in [1.54, 1.807) is 0 Å². The SMILES string of the molecule is CC1CCCC(n2c(C(C)Cl)nc3c(Cl)cccc32)C1. The first-order chi connectivity index (χ1) is 9.58. The Kier molecular flexibility index (Phi) is 3.96. The maximum atomic E-state index is 6.36. The van der Waals surface area contributed by atoms with Crippen LogP contribution in [0.2, 0.25) is 5.02 Å². The van der Waals surface area contributed by atoms with Gasteiger partial charge in [0, 0.05) is 6.04 Å². The fourth-order valence-corrected chi connectivity index (χ4v) is 3.77. The summed E-state index contributed by atoms with van der Waals surface area (Å²) in [6, 6.07) is 6.50. The molecule has 0 bridgehead atoms. The standard InChI is InChI=1S/C16H20Cl2N2/c1-10-5-3-6-12(9-10)20-14-8-4-7-13(18)15(14)19-16(20)11(2)17/h4,7-8,10-12H,3,5-6,9H2,1-2H3. The maximum Gasteiger partial charge on any atom is 0.128 e. The minimum Gasteiger partial charge on any atom is -0.324 e. The van der Waals surface area contributed by atoms with Gasteiger partial charge in [-0.25, -0.2) is 4.98 Å². The summed E-state index contributed by atoms with van der Waals surface area (Å²) in [5.41, 5.74) is 2.01. The molecule has 1 aliphatic carbocycles. The number of para-hydroxylation sites is 1. The molecule has 0 saturated heterocycles. The second kappa shape index (κ2) is 5.57. The second-order valence-corrected chi connectivity index (χ2v) is 7.05. The average molecular weight is 311 g/mol. The van der Waals surface area contributed by atoms with Gasteiger partial charge in [0.05, 0.1) is 15.9 Å². The summed E-state index contributed by atoms with van der Waals surface area (Å²) in [6.07, 6.45) is 5.02. The first-order valence-electron chi connectivity index (χ1n) is 7.38. The van der Waals surface area contributed by atoms with Crippen molar-refractivity contribution in [3.05, 3.63) is 29.0 Å². The fraction of sp³-hybridized carbons (Fsp3) is 0.562. The Bertz CT molecular complexity index is 618. The van der Waals surface area contributed by atoms with Gasteiger partial charge >= 0.3 is 0 Å². The third kappa shape index (κ3) is 2.44. The molecule has 3 unspecified atom stereocenters. The molecule has 1 heterocycles. The van der Waals surface area contributed by atoms with Crippen molar-refractivity contribution in [1.29, 1.82) is 0 Å². The molecule has 3 atom stereocenters. The lowest BCUT2D eigenvalue weighted by Crippen LogP contribution is -2.19. The molecule has 0 N–H and O–H groups in total. The van der Waals surface area contributed by atoms with Crippen LogP contribution >= 0.6 is 23.2 Å². The number of fused-ring (bicyclic) bond motifs is 1. The van der Waals surface area contributed by atoms with Crippen LogP contribution in [-0.4, -0.2) is 9.55 Å². The Morgan fingerprint density at radius 2 is 2.15 bits per heavy atom. The van der Waals surface area contributed by atoms with Crippen LogP contribution in [0.3, 0.4) is 0 Å². The molecule has 3 rings (SSSR count). The van der Waals surface area contributed by atoms with E-state index in [1.165, 1.54) is 25.7 Å². The lowest BCUT2D eigenvalue weighted by Gasteiger charge is -2.30. The van der Waals surface area contributed by atoms with Crippen molar-refractivity contribution in [1.82, 2.24) is 9.55 Å². The maximum absolute atomic E-state index is 6.36. The summed E-state index contributed by atoms with van der Waals surface area (Å²) in [5.74, 6) is 1.72. The number of aromatic nitrogens is 2. The van der Waals surface area contributed by atoms with Gasteiger partial charge in [0.2, 0.25) is 0 Å². The molecule has 1 aromatic carbocycles. The molecule has 0 radical (unpaired) electrons. The molecule has 2 nitrogen and oxygen atoms in total. The number of rotatable bonds is 2. The molecular weight excluding hydrogens is 291 g/mol. The Hall–Kier alpha value is -0.730. The molecule has 2 aromatic rings. The highest BCUT2D eigenvalue weighted by Crippen LogP contribution is 2.38. The van der Waals surface area contributed by atoms with Crippen LogP contribution in [0.5, 0.6) is 0 Å². The zero-order valence-electron chi connectivity index (χ0n) is 11.9. The van der Waals surface area contributed by atoms with Crippen LogP contribution in [0, 0.1) is 5.92 Å². The van der Waals surface area contributed by atoms with Crippen LogP contribution in [0.4, 0.5) is 0 Å². The predicted molar refractivity (Wildman–Crippen MR) is 85.7 cm³/mol. The van der Waals surface area contributed by atoms with E-state index in [0.717, 1.165) is 22.8 Å². The molecular formula is C16H20Cl2N2. The third-order valence-electron chi connectivity index (χ3n) is 4.33. The second-order valence-electron chi connectivity index (χ2n) is 5.99. The molecule has 20 heavy (non-hydrogen) atoms. The van der Waals surface area contributed by atoms with E-state index in [-0.39, 0.29) is 5.38 Å². The van der Waals surface area contributed by atoms with Gasteiger partial charge in [0.25, 0.3) is 0 Å².